The van der Waals surface area contributed by atoms with Crippen LogP contribution in [0.2, 0.25) is 5.02 Å². The molecule has 0 saturated carbocycles. The molecule has 7 nitrogen and oxygen atoms in total. The number of para-hydroxylation sites is 1. The lowest BCUT2D eigenvalue weighted by Gasteiger charge is -2.04. The molecule has 0 aromatic heterocycles. The first-order chi connectivity index (χ1) is 18.1. The quantitative estimate of drug-likeness (QED) is 0.138. The zero-order valence-corrected chi connectivity index (χ0v) is 22.1. The number of hydrogen-bond acceptors (Lipinski definition) is 6. The van der Waals surface area contributed by atoms with Gasteiger partial charge in [-0.05, 0) is 29.8 Å². The molecular formula is C32H41ClN4O3. The predicted octanol–water partition coefficient (Wildman–Crippen LogP) is 10.00. The molecule has 0 unspecified atom stereocenters. The maximum absolute atomic E-state index is 11.1. The summed E-state index contributed by atoms with van der Waals surface area (Å²) < 4.78 is 4.54. The second kappa shape index (κ2) is 26.0. The molecule has 40 heavy (non-hydrogen) atoms. The number of hydrogen-bond donors (Lipinski definition) is 2. The van der Waals surface area contributed by atoms with Crippen molar-refractivity contribution in [2.75, 3.05) is 5.32 Å². The Labute approximate surface area is 244 Å². The van der Waals surface area contributed by atoms with E-state index in [9.17, 15) is 9.59 Å². The number of azo groups is 1. The van der Waals surface area contributed by atoms with E-state index >= 15 is 0 Å². The maximum Gasteiger partial charge on any atom is 0.293 e. The fourth-order valence-electron chi connectivity index (χ4n) is 2.59. The van der Waals surface area contributed by atoms with Crippen LogP contribution in [0.4, 0.5) is 17.1 Å². The van der Waals surface area contributed by atoms with Gasteiger partial charge in [0.15, 0.2) is 0 Å². The van der Waals surface area contributed by atoms with E-state index in [1.54, 1.807) is 24.3 Å². The number of ether oxygens (including phenoxy) is 1. The van der Waals surface area contributed by atoms with Gasteiger partial charge in [0, 0.05) is 6.92 Å². The number of amides is 1. The summed E-state index contributed by atoms with van der Waals surface area (Å²) in [6.45, 7) is 8.26. The van der Waals surface area contributed by atoms with Crippen LogP contribution in [0, 0.1) is 0 Å². The molecule has 4 aromatic rings. The van der Waals surface area contributed by atoms with Crippen molar-refractivity contribution in [3.8, 4) is 0 Å². The van der Waals surface area contributed by atoms with Gasteiger partial charge in [-0.2, -0.15) is 0 Å². The Morgan fingerprint density at radius 2 is 1.20 bits per heavy atom. The number of nitrogens with zero attached hydrogens (tertiary/aromatic N) is 2. The molecule has 4 aromatic carbocycles. The average molecular weight is 565 g/mol. The number of carbonyl (C=O) groups excluding carboxylic acids is 2. The van der Waals surface area contributed by atoms with Crippen molar-refractivity contribution in [1.82, 2.24) is 6.15 Å². The number of rotatable bonds is 6. The molecule has 0 fully saturated rings. The zero-order chi connectivity index (χ0) is 27.1. The van der Waals surface area contributed by atoms with Crippen molar-refractivity contribution in [2.24, 2.45) is 10.2 Å². The molecule has 1 amide bonds. The van der Waals surface area contributed by atoms with E-state index < -0.39 is 0 Å². The first-order valence-electron chi connectivity index (χ1n) is 11.2. The van der Waals surface area contributed by atoms with Crippen LogP contribution in [-0.4, -0.2) is 12.4 Å². The molecule has 4 N–H and O–H groups in total. The van der Waals surface area contributed by atoms with Gasteiger partial charge in [0.1, 0.15) is 18.0 Å². The van der Waals surface area contributed by atoms with Crippen molar-refractivity contribution in [3.63, 3.8) is 0 Å². The third kappa shape index (κ3) is 17.8. The first-order valence-corrected chi connectivity index (χ1v) is 11.6. The summed E-state index contributed by atoms with van der Waals surface area (Å²) in [5.41, 5.74) is 2.79. The van der Waals surface area contributed by atoms with E-state index in [-0.39, 0.29) is 26.9 Å². The summed E-state index contributed by atoms with van der Waals surface area (Å²) in [5.74, 6) is -0.152. The van der Waals surface area contributed by atoms with Crippen LogP contribution in [0.3, 0.4) is 0 Å². The molecule has 0 bridgehead atoms. The Morgan fingerprint density at radius 1 is 0.775 bits per heavy atom. The lowest BCUT2D eigenvalue weighted by molar-refractivity contribution is -0.129. The standard InChI is InChI=1S/C14H12ClN3O.C8H8O2.C6H6.C2H4.2CH4.H3N/c1-10(19)16-13-8-4-5-9-14(13)18-17-12-7-3-2-6-11(12)15;9-7-10-6-8-4-2-1-3-5-8;1-2-4-6-5-3-1;1-2;;;/h2-9H,1H3,(H,16,19);1-5,7H,6H2;1-6H;1-2H2;2*1H4;1H3. The normalized spacial score (nSPS) is 8.55. The van der Waals surface area contributed by atoms with Gasteiger partial charge in [0.25, 0.3) is 6.47 Å². The van der Waals surface area contributed by atoms with Crippen LogP contribution < -0.4 is 11.5 Å². The summed E-state index contributed by atoms with van der Waals surface area (Å²) >= 11 is 5.99. The van der Waals surface area contributed by atoms with E-state index in [2.05, 4.69) is 33.4 Å². The molecule has 0 atom stereocenters. The molecule has 0 aliphatic rings. The topological polar surface area (TPSA) is 115 Å². The largest absolute Gasteiger partial charge is 0.463 e. The third-order valence-corrected chi connectivity index (χ3v) is 4.48. The Hall–Kier alpha value is -4.59. The van der Waals surface area contributed by atoms with Crippen LogP contribution in [0.15, 0.2) is 139 Å². The summed E-state index contributed by atoms with van der Waals surface area (Å²) in [6, 6.07) is 35.9. The SMILES string of the molecule is C.C.C=C.CC(=O)Nc1ccccc1N=Nc1ccccc1Cl.N.O=COCc1ccccc1.c1ccccc1. The molecule has 0 aliphatic carbocycles. The van der Waals surface area contributed by atoms with Crippen molar-refractivity contribution in [2.45, 2.75) is 28.4 Å². The third-order valence-electron chi connectivity index (χ3n) is 4.16. The monoisotopic (exact) mass is 564 g/mol. The molecule has 4 rings (SSSR count). The summed E-state index contributed by atoms with van der Waals surface area (Å²) in [7, 11) is 0. The second-order valence-corrected chi connectivity index (χ2v) is 7.30. The predicted molar refractivity (Wildman–Crippen MR) is 170 cm³/mol. The van der Waals surface area contributed by atoms with Gasteiger partial charge in [0.2, 0.25) is 5.91 Å². The highest BCUT2D eigenvalue weighted by Gasteiger charge is 2.02. The Balaban J connectivity index is -0.000000551. The lowest BCUT2D eigenvalue weighted by Crippen LogP contribution is -2.05. The van der Waals surface area contributed by atoms with Crippen LogP contribution >= 0.6 is 11.6 Å². The Kier molecular flexibility index (Phi) is 26.0. The van der Waals surface area contributed by atoms with Crippen LogP contribution in [0.25, 0.3) is 0 Å². The molecule has 0 saturated heterocycles. The van der Waals surface area contributed by atoms with E-state index in [0.29, 0.717) is 35.2 Å². The Morgan fingerprint density at radius 3 is 1.70 bits per heavy atom. The number of carbonyl (C=O) groups is 2. The molecule has 0 radical (unpaired) electrons. The molecule has 214 valence electrons. The highest BCUT2D eigenvalue weighted by atomic mass is 35.5. The van der Waals surface area contributed by atoms with E-state index in [0.717, 1.165) is 5.56 Å². The lowest BCUT2D eigenvalue weighted by atomic mass is 10.2. The van der Waals surface area contributed by atoms with Gasteiger partial charge >= 0.3 is 0 Å². The maximum atomic E-state index is 11.1. The van der Waals surface area contributed by atoms with Crippen molar-refractivity contribution >= 4 is 41.0 Å². The van der Waals surface area contributed by atoms with E-state index in [4.69, 9.17) is 11.6 Å². The minimum Gasteiger partial charge on any atom is -0.463 e. The number of halogens is 1. The highest BCUT2D eigenvalue weighted by Crippen LogP contribution is 2.29. The number of benzene rings is 4. The smallest absolute Gasteiger partial charge is 0.293 e. The van der Waals surface area contributed by atoms with Crippen molar-refractivity contribution < 1.29 is 14.3 Å². The van der Waals surface area contributed by atoms with Gasteiger partial charge in [-0.25, -0.2) is 0 Å². The van der Waals surface area contributed by atoms with Crippen LogP contribution in [0.1, 0.15) is 27.3 Å². The molecule has 0 heterocycles. The molecule has 8 heteroatoms. The summed E-state index contributed by atoms with van der Waals surface area (Å²) in [4.78, 5) is 20.8. The van der Waals surface area contributed by atoms with E-state index in [1.165, 1.54) is 6.92 Å². The summed E-state index contributed by atoms with van der Waals surface area (Å²) in [5, 5.41) is 11.4. The number of nitrogens with one attached hydrogen (secondary N) is 1. The highest BCUT2D eigenvalue weighted by molar-refractivity contribution is 6.32. The fourth-order valence-corrected chi connectivity index (χ4v) is 2.76. The van der Waals surface area contributed by atoms with Gasteiger partial charge in [-0.3, -0.25) is 9.59 Å². The molecule has 0 spiro atoms. The van der Waals surface area contributed by atoms with Gasteiger partial charge in [0.05, 0.1) is 10.7 Å². The fraction of sp³-hybridized carbons (Fsp3) is 0.125. The minimum atomic E-state index is -0.152. The van der Waals surface area contributed by atoms with Gasteiger partial charge in [-0.15, -0.1) is 23.4 Å². The molecular weight excluding hydrogens is 524 g/mol. The minimum absolute atomic E-state index is 0. The zero-order valence-electron chi connectivity index (χ0n) is 21.4. The second-order valence-electron chi connectivity index (χ2n) is 6.90. The van der Waals surface area contributed by atoms with E-state index in [1.807, 2.05) is 91.0 Å². The van der Waals surface area contributed by atoms with Gasteiger partial charge in [-0.1, -0.05) is 117 Å². The molecule has 0 aliphatic heterocycles. The van der Waals surface area contributed by atoms with Crippen LogP contribution in [0.5, 0.6) is 0 Å². The number of anilines is 1. The Bertz CT molecular complexity index is 1180. The van der Waals surface area contributed by atoms with Crippen molar-refractivity contribution in [1.29, 1.82) is 0 Å². The van der Waals surface area contributed by atoms with Crippen molar-refractivity contribution in [3.05, 3.63) is 139 Å². The first kappa shape index (κ1) is 39.9. The average Bonchev–Trinajstić information content (AvgIpc) is 2.95. The summed E-state index contributed by atoms with van der Waals surface area (Å²) in [6.07, 6.45) is 0. The van der Waals surface area contributed by atoms with Gasteiger partial charge < -0.3 is 16.2 Å². The van der Waals surface area contributed by atoms with Crippen LogP contribution in [-0.2, 0) is 20.9 Å².